The van der Waals surface area contributed by atoms with E-state index < -0.39 is 0 Å². The van der Waals surface area contributed by atoms with Crippen molar-refractivity contribution >= 4 is 0 Å². The minimum Gasteiger partial charge on any atom is -0.307 e. The van der Waals surface area contributed by atoms with Gasteiger partial charge in [-0.15, -0.1) is 0 Å². The molecule has 2 atom stereocenters. The Labute approximate surface area is 127 Å². The highest BCUT2D eigenvalue weighted by molar-refractivity contribution is 5.60. The molecule has 2 bridgehead atoms. The number of nitrogens with one attached hydrogen (secondary N) is 1. The summed E-state index contributed by atoms with van der Waals surface area (Å²) in [7, 11) is 2.13. The van der Waals surface area contributed by atoms with Crippen molar-refractivity contribution in [1.82, 2.24) is 5.32 Å². The fourth-order valence-corrected chi connectivity index (χ4v) is 4.72. The molecule has 0 saturated carbocycles. The van der Waals surface area contributed by atoms with Crippen LogP contribution in [0.15, 0.2) is 42.5 Å². The Bertz CT molecular complexity index is 688. The van der Waals surface area contributed by atoms with Crippen LogP contribution in [0.1, 0.15) is 59.9 Å². The summed E-state index contributed by atoms with van der Waals surface area (Å²) in [5.74, 6) is 0.600. The average molecular weight is 277 g/mol. The summed E-state index contributed by atoms with van der Waals surface area (Å²) in [4.78, 5) is 0. The summed E-state index contributed by atoms with van der Waals surface area (Å²) in [6, 6.07) is 16.0. The zero-order valence-corrected chi connectivity index (χ0v) is 12.9. The molecule has 0 spiro atoms. The molecule has 0 amide bonds. The Kier molecular flexibility index (Phi) is 2.93. The van der Waals surface area contributed by atoms with Crippen LogP contribution >= 0.6 is 0 Å². The molecule has 2 aromatic carbocycles. The molecule has 5 rings (SSSR count). The van der Waals surface area contributed by atoms with Gasteiger partial charge in [0.25, 0.3) is 0 Å². The molecule has 0 aliphatic heterocycles. The Balaban J connectivity index is 2.04. The first-order valence-corrected chi connectivity index (χ1v) is 8.22. The topological polar surface area (TPSA) is 12.0 Å². The highest BCUT2D eigenvalue weighted by Gasteiger charge is 2.48. The van der Waals surface area contributed by atoms with Crippen molar-refractivity contribution in [1.29, 1.82) is 0 Å². The van der Waals surface area contributed by atoms with E-state index in [9.17, 15) is 0 Å². The van der Waals surface area contributed by atoms with Crippen molar-refractivity contribution in [2.24, 2.45) is 0 Å². The van der Waals surface area contributed by atoms with E-state index in [1.165, 1.54) is 31.2 Å². The molecular formula is C20H23N. The molecule has 1 N–H and O–H groups in total. The fourth-order valence-electron chi connectivity index (χ4n) is 4.72. The predicted octanol–water partition coefficient (Wildman–Crippen LogP) is 4.34. The summed E-state index contributed by atoms with van der Waals surface area (Å²) in [5.41, 5.74) is 7.79. The largest absolute Gasteiger partial charge is 0.307 e. The zero-order valence-electron chi connectivity index (χ0n) is 12.9. The van der Waals surface area contributed by atoms with Gasteiger partial charge in [-0.1, -0.05) is 55.8 Å². The third-order valence-electron chi connectivity index (χ3n) is 5.54. The summed E-state index contributed by atoms with van der Waals surface area (Å²) < 4.78 is 0. The molecule has 108 valence electrons. The van der Waals surface area contributed by atoms with Gasteiger partial charge in [0.2, 0.25) is 0 Å². The highest BCUT2D eigenvalue weighted by atomic mass is 15.0. The first-order chi connectivity index (χ1) is 10.3. The van der Waals surface area contributed by atoms with Gasteiger partial charge < -0.3 is 5.32 Å². The van der Waals surface area contributed by atoms with E-state index in [0.717, 1.165) is 0 Å². The SMILES string of the molecule is CCCc1cccc2c1C1(NC)CCC2c2ccccc21. The number of aryl methyl sites for hydroxylation is 1. The molecule has 2 aromatic rings. The Morgan fingerprint density at radius 1 is 1.10 bits per heavy atom. The Hall–Kier alpha value is -1.60. The van der Waals surface area contributed by atoms with Crippen molar-refractivity contribution in [3.63, 3.8) is 0 Å². The Morgan fingerprint density at radius 3 is 2.71 bits per heavy atom. The van der Waals surface area contributed by atoms with E-state index in [1.54, 1.807) is 22.3 Å². The molecule has 1 heteroatoms. The standard InChI is InChI=1S/C20H23N/c1-3-7-14-8-6-10-17-15-12-13-20(21-2,19(14)17)18-11-5-4-9-16(15)18/h4-6,8-11,15,21H,3,7,12-13H2,1-2H3. The summed E-state index contributed by atoms with van der Waals surface area (Å²) in [6.07, 6.45) is 4.88. The fraction of sp³-hybridized carbons (Fsp3) is 0.400. The second kappa shape index (κ2) is 4.71. The van der Waals surface area contributed by atoms with E-state index >= 15 is 0 Å². The van der Waals surface area contributed by atoms with E-state index in [0.29, 0.717) is 5.92 Å². The van der Waals surface area contributed by atoms with Crippen molar-refractivity contribution in [2.75, 3.05) is 7.05 Å². The quantitative estimate of drug-likeness (QED) is 0.880. The van der Waals surface area contributed by atoms with Crippen molar-refractivity contribution in [3.8, 4) is 0 Å². The van der Waals surface area contributed by atoms with Crippen molar-refractivity contribution in [3.05, 3.63) is 70.3 Å². The lowest BCUT2D eigenvalue weighted by Crippen LogP contribution is -2.49. The van der Waals surface area contributed by atoms with Crippen LogP contribution in [0.4, 0.5) is 0 Å². The summed E-state index contributed by atoms with van der Waals surface area (Å²) >= 11 is 0. The van der Waals surface area contributed by atoms with E-state index in [2.05, 4.69) is 61.8 Å². The minimum absolute atomic E-state index is 0.0342. The van der Waals surface area contributed by atoms with Crippen LogP contribution in [0.25, 0.3) is 0 Å². The molecule has 0 saturated heterocycles. The highest BCUT2D eigenvalue weighted by Crippen LogP contribution is 2.55. The van der Waals surface area contributed by atoms with Gasteiger partial charge >= 0.3 is 0 Å². The number of fused-ring (bicyclic) bond motifs is 1. The Morgan fingerprint density at radius 2 is 1.90 bits per heavy atom. The molecule has 0 fully saturated rings. The normalized spacial score (nSPS) is 25.5. The lowest BCUT2D eigenvalue weighted by atomic mass is 9.58. The maximum absolute atomic E-state index is 3.72. The molecule has 0 aromatic heterocycles. The van der Waals surface area contributed by atoms with Gasteiger partial charge in [0.05, 0.1) is 5.54 Å². The lowest BCUT2D eigenvalue weighted by Gasteiger charge is -2.50. The van der Waals surface area contributed by atoms with Crippen LogP contribution in [-0.2, 0) is 12.0 Å². The zero-order chi connectivity index (χ0) is 14.4. The molecule has 0 radical (unpaired) electrons. The molecule has 21 heavy (non-hydrogen) atoms. The van der Waals surface area contributed by atoms with Crippen molar-refractivity contribution in [2.45, 2.75) is 44.1 Å². The summed E-state index contributed by atoms with van der Waals surface area (Å²) in [5, 5.41) is 3.72. The molecule has 3 aliphatic rings. The van der Waals surface area contributed by atoms with E-state index in [4.69, 9.17) is 0 Å². The number of rotatable bonds is 3. The van der Waals surface area contributed by atoms with Crippen LogP contribution in [0, 0.1) is 0 Å². The van der Waals surface area contributed by atoms with Crippen LogP contribution in [0.5, 0.6) is 0 Å². The first-order valence-electron chi connectivity index (χ1n) is 8.22. The van der Waals surface area contributed by atoms with E-state index in [-0.39, 0.29) is 5.54 Å². The second-order valence-electron chi connectivity index (χ2n) is 6.47. The monoisotopic (exact) mass is 277 g/mol. The van der Waals surface area contributed by atoms with Crippen LogP contribution in [-0.4, -0.2) is 7.05 Å². The van der Waals surface area contributed by atoms with E-state index in [1.807, 2.05) is 0 Å². The van der Waals surface area contributed by atoms with Gasteiger partial charge in [-0.05, 0) is 54.1 Å². The van der Waals surface area contributed by atoms with Crippen LogP contribution in [0.2, 0.25) is 0 Å². The van der Waals surface area contributed by atoms with Crippen LogP contribution in [0.3, 0.4) is 0 Å². The smallest absolute Gasteiger partial charge is 0.0696 e. The minimum atomic E-state index is 0.0342. The van der Waals surface area contributed by atoms with Gasteiger partial charge in [0.15, 0.2) is 0 Å². The van der Waals surface area contributed by atoms with Gasteiger partial charge in [-0.2, -0.15) is 0 Å². The molecule has 2 unspecified atom stereocenters. The molecule has 0 heterocycles. The van der Waals surface area contributed by atoms with Crippen LogP contribution < -0.4 is 5.32 Å². The number of benzene rings is 2. The first kappa shape index (κ1) is 13.1. The van der Waals surface area contributed by atoms with Crippen molar-refractivity contribution < 1.29 is 0 Å². The maximum Gasteiger partial charge on any atom is 0.0696 e. The molecular weight excluding hydrogens is 254 g/mol. The van der Waals surface area contributed by atoms with Gasteiger partial charge in [-0.25, -0.2) is 0 Å². The maximum atomic E-state index is 3.72. The van der Waals surface area contributed by atoms with Gasteiger partial charge in [-0.3, -0.25) is 0 Å². The average Bonchev–Trinajstić information content (AvgIpc) is 2.56. The van der Waals surface area contributed by atoms with Gasteiger partial charge in [0, 0.05) is 5.92 Å². The summed E-state index contributed by atoms with van der Waals surface area (Å²) in [6.45, 7) is 2.28. The molecule has 3 aliphatic carbocycles. The molecule has 1 nitrogen and oxygen atoms in total. The van der Waals surface area contributed by atoms with Gasteiger partial charge in [0.1, 0.15) is 0 Å². The third kappa shape index (κ3) is 1.61. The number of hydrogen-bond acceptors (Lipinski definition) is 1. The number of hydrogen-bond donors (Lipinski definition) is 1. The predicted molar refractivity (Wildman–Crippen MR) is 87.8 cm³/mol. The second-order valence-corrected chi connectivity index (χ2v) is 6.47. The lowest BCUT2D eigenvalue weighted by molar-refractivity contribution is 0.323. The third-order valence-corrected chi connectivity index (χ3v) is 5.54.